The number of nitrogens with zero attached hydrogens (tertiary/aromatic N) is 3. The van der Waals surface area contributed by atoms with Gasteiger partial charge in [0.15, 0.2) is 0 Å². The quantitative estimate of drug-likeness (QED) is 0.716. The fourth-order valence-electron chi connectivity index (χ4n) is 3.76. The van der Waals surface area contributed by atoms with E-state index in [9.17, 15) is 5.26 Å². The van der Waals surface area contributed by atoms with Crippen LogP contribution in [0.25, 0.3) is 11.1 Å². The van der Waals surface area contributed by atoms with E-state index in [0.717, 1.165) is 41.0 Å². The number of fused-ring (bicyclic) bond motifs is 1. The van der Waals surface area contributed by atoms with E-state index in [-0.39, 0.29) is 6.10 Å². The Morgan fingerprint density at radius 1 is 1.15 bits per heavy atom. The second-order valence-corrected chi connectivity index (χ2v) is 7.18. The minimum absolute atomic E-state index is 0.228. The molecular formula is C22H19N3O2. The highest BCUT2D eigenvalue weighted by atomic mass is 16.6. The van der Waals surface area contributed by atoms with Crippen molar-refractivity contribution >= 4 is 5.71 Å². The maximum absolute atomic E-state index is 9.18. The highest BCUT2D eigenvalue weighted by molar-refractivity contribution is 6.05. The molecule has 2 aromatic rings. The maximum atomic E-state index is 9.18. The van der Waals surface area contributed by atoms with E-state index >= 15 is 0 Å². The van der Waals surface area contributed by atoms with Gasteiger partial charge in [-0.3, -0.25) is 0 Å². The molecule has 4 rings (SSSR count). The van der Waals surface area contributed by atoms with Crippen LogP contribution in [0.2, 0.25) is 0 Å². The van der Waals surface area contributed by atoms with Crippen LogP contribution in [0, 0.1) is 22.8 Å². The van der Waals surface area contributed by atoms with Gasteiger partial charge in [0.1, 0.15) is 11.4 Å². The monoisotopic (exact) mass is 357 g/mol. The van der Waals surface area contributed by atoms with Crippen molar-refractivity contribution in [3.05, 3.63) is 53.6 Å². The number of hydrogen-bond acceptors (Lipinski definition) is 5. The van der Waals surface area contributed by atoms with E-state index < -0.39 is 5.60 Å². The zero-order valence-corrected chi connectivity index (χ0v) is 15.1. The molecule has 2 aliphatic rings. The Morgan fingerprint density at radius 3 is 2.74 bits per heavy atom. The minimum Gasteiger partial charge on any atom is -0.484 e. The van der Waals surface area contributed by atoms with Gasteiger partial charge >= 0.3 is 0 Å². The molecule has 5 heteroatoms. The van der Waals surface area contributed by atoms with Gasteiger partial charge in [0.2, 0.25) is 6.19 Å². The summed E-state index contributed by atoms with van der Waals surface area (Å²) >= 11 is 0. The number of rotatable bonds is 1. The summed E-state index contributed by atoms with van der Waals surface area (Å²) in [6, 6.07) is 15.5. The Balaban J connectivity index is 1.74. The fourth-order valence-corrected chi connectivity index (χ4v) is 3.76. The molecule has 0 radical (unpaired) electrons. The Bertz CT molecular complexity index is 989. The van der Waals surface area contributed by atoms with Crippen LogP contribution in [0.15, 0.2) is 47.5 Å². The first kappa shape index (κ1) is 17.3. The van der Waals surface area contributed by atoms with Gasteiger partial charge in [-0.1, -0.05) is 18.2 Å². The maximum Gasteiger partial charge on any atom is 0.205 e. The SMILES string of the molecule is C[C@H]1CC[C@]2(CO1)CC(=NC#N)c1cc(-c3cccc(C#N)c3)ccc1O2. The first-order chi connectivity index (χ1) is 13.1. The van der Waals surface area contributed by atoms with Crippen LogP contribution in [0.3, 0.4) is 0 Å². The van der Waals surface area contributed by atoms with E-state index in [2.05, 4.69) is 18.0 Å². The van der Waals surface area contributed by atoms with Gasteiger partial charge in [-0.05, 0) is 55.2 Å². The van der Waals surface area contributed by atoms with Crippen molar-refractivity contribution in [1.82, 2.24) is 0 Å². The van der Waals surface area contributed by atoms with Crippen LogP contribution in [-0.2, 0) is 4.74 Å². The number of benzene rings is 2. The summed E-state index contributed by atoms with van der Waals surface area (Å²) in [5.41, 5.74) is 3.64. The molecule has 2 aliphatic heterocycles. The van der Waals surface area contributed by atoms with E-state index in [0.29, 0.717) is 18.6 Å². The Labute approximate surface area is 158 Å². The lowest BCUT2D eigenvalue weighted by Crippen LogP contribution is -2.50. The van der Waals surface area contributed by atoms with Gasteiger partial charge in [-0.25, -0.2) is 0 Å². The number of ether oxygens (including phenoxy) is 2. The summed E-state index contributed by atoms with van der Waals surface area (Å²) in [4.78, 5) is 4.10. The zero-order valence-electron chi connectivity index (χ0n) is 15.1. The molecule has 1 saturated heterocycles. The molecule has 2 atom stereocenters. The fraction of sp³-hybridized carbons (Fsp3) is 0.318. The van der Waals surface area contributed by atoms with E-state index in [4.69, 9.17) is 14.7 Å². The molecule has 1 spiro atoms. The van der Waals surface area contributed by atoms with Crippen molar-refractivity contribution in [3.63, 3.8) is 0 Å². The third kappa shape index (κ3) is 3.30. The number of nitriles is 2. The number of hydrogen-bond donors (Lipinski definition) is 0. The second-order valence-electron chi connectivity index (χ2n) is 7.18. The van der Waals surface area contributed by atoms with Crippen molar-refractivity contribution < 1.29 is 9.47 Å². The standard InChI is InChI=1S/C22H19N3O2/c1-15-7-8-22(13-26-15)11-20(25-14-24)19-10-18(5-6-21(19)27-22)17-4-2-3-16(9-17)12-23/h2-6,9-10,15H,7-8,11,13H2,1H3/t15-,22+/m0/s1. The molecular weight excluding hydrogens is 338 g/mol. The predicted octanol–water partition coefficient (Wildman–Crippen LogP) is 4.22. The van der Waals surface area contributed by atoms with Crippen molar-refractivity contribution in [2.45, 2.75) is 37.9 Å². The molecule has 0 aromatic heterocycles. The summed E-state index contributed by atoms with van der Waals surface area (Å²) in [6.07, 6.45) is 4.52. The lowest BCUT2D eigenvalue weighted by molar-refractivity contribution is -0.0974. The van der Waals surface area contributed by atoms with Gasteiger partial charge in [-0.15, -0.1) is 0 Å². The van der Waals surface area contributed by atoms with E-state index in [1.54, 1.807) is 6.07 Å². The van der Waals surface area contributed by atoms with Crippen LogP contribution in [0.4, 0.5) is 0 Å². The third-order valence-electron chi connectivity index (χ3n) is 5.25. The van der Waals surface area contributed by atoms with Crippen molar-refractivity contribution in [1.29, 1.82) is 10.5 Å². The summed E-state index contributed by atoms with van der Waals surface area (Å²) in [6.45, 7) is 2.57. The Kier molecular flexibility index (Phi) is 4.39. The Morgan fingerprint density at radius 2 is 2.00 bits per heavy atom. The molecule has 0 unspecified atom stereocenters. The van der Waals surface area contributed by atoms with Crippen LogP contribution in [0.1, 0.15) is 37.3 Å². The molecule has 27 heavy (non-hydrogen) atoms. The van der Waals surface area contributed by atoms with Gasteiger partial charge in [-0.2, -0.15) is 15.5 Å². The summed E-state index contributed by atoms with van der Waals surface area (Å²) in [5.74, 6) is 0.730. The molecule has 134 valence electrons. The van der Waals surface area contributed by atoms with Gasteiger partial charge in [0, 0.05) is 12.0 Å². The third-order valence-corrected chi connectivity index (χ3v) is 5.25. The predicted molar refractivity (Wildman–Crippen MR) is 101 cm³/mol. The highest BCUT2D eigenvalue weighted by Gasteiger charge is 2.42. The molecule has 0 saturated carbocycles. The lowest BCUT2D eigenvalue weighted by atomic mass is 9.83. The van der Waals surface area contributed by atoms with Crippen molar-refractivity contribution in [2.75, 3.05) is 6.61 Å². The summed E-state index contributed by atoms with van der Waals surface area (Å²) in [7, 11) is 0. The van der Waals surface area contributed by atoms with Gasteiger partial charge < -0.3 is 9.47 Å². The van der Waals surface area contributed by atoms with Crippen LogP contribution >= 0.6 is 0 Å². The minimum atomic E-state index is -0.447. The Hall–Kier alpha value is -3.15. The molecule has 0 amide bonds. The van der Waals surface area contributed by atoms with Crippen molar-refractivity contribution in [3.8, 4) is 29.1 Å². The lowest BCUT2D eigenvalue weighted by Gasteiger charge is -2.42. The molecule has 0 N–H and O–H groups in total. The summed E-state index contributed by atoms with van der Waals surface area (Å²) < 4.78 is 12.2. The average Bonchev–Trinajstić information content (AvgIpc) is 2.70. The molecule has 2 aromatic carbocycles. The second kappa shape index (κ2) is 6.87. The van der Waals surface area contributed by atoms with Crippen LogP contribution in [-0.4, -0.2) is 24.0 Å². The summed E-state index contributed by atoms with van der Waals surface area (Å²) in [5, 5.41) is 18.3. The molecule has 2 heterocycles. The van der Waals surface area contributed by atoms with Gasteiger partial charge in [0.25, 0.3) is 0 Å². The molecule has 0 aliphatic carbocycles. The van der Waals surface area contributed by atoms with E-state index in [1.807, 2.05) is 42.6 Å². The first-order valence-corrected chi connectivity index (χ1v) is 9.04. The van der Waals surface area contributed by atoms with Gasteiger partial charge in [0.05, 0.1) is 30.1 Å². The van der Waals surface area contributed by atoms with Crippen LogP contribution in [0.5, 0.6) is 5.75 Å². The topological polar surface area (TPSA) is 78.4 Å². The zero-order chi connectivity index (χ0) is 18.9. The first-order valence-electron chi connectivity index (χ1n) is 9.04. The normalized spacial score (nSPS) is 25.3. The smallest absolute Gasteiger partial charge is 0.205 e. The largest absolute Gasteiger partial charge is 0.484 e. The molecule has 1 fully saturated rings. The molecule has 0 bridgehead atoms. The van der Waals surface area contributed by atoms with E-state index in [1.165, 1.54) is 0 Å². The average molecular weight is 357 g/mol. The van der Waals surface area contributed by atoms with Crippen LogP contribution < -0.4 is 4.74 Å². The molecule has 5 nitrogen and oxygen atoms in total. The number of aliphatic imine (C=N–C) groups is 1. The van der Waals surface area contributed by atoms with Crippen molar-refractivity contribution in [2.24, 2.45) is 4.99 Å². The highest BCUT2D eigenvalue weighted by Crippen LogP contribution is 2.40.